The van der Waals surface area contributed by atoms with Crippen molar-refractivity contribution in [1.29, 1.82) is 0 Å². The zero-order valence-electron chi connectivity index (χ0n) is 23.2. The lowest BCUT2D eigenvalue weighted by atomic mass is 9.68. The highest BCUT2D eigenvalue weighted by Crippen LogP contribution is 2.53. The van der Waals surface area contributed by atoms with Crippen molar-refractivity contribution in [1.82, 2.24) is 5.32 Å². The number of allylic oxidation sites excluding steroid dienone is 2. The van der Waals surface area contributed by atoms with Crippen molar-refractivity contribution in [3.63, 3.8) is 0 Å². The number of hydrogen-bond donors (Lipinski definition) is 2. The molecule has 3 atom stereocenters. The molecule has 0 radical (unpaired) electrons. The van der Waals surface area contributed by atoms with E-state index in [9.17, 15) is 14.4 Å². The molecule has 3 unspecified atom stereocenters. The third-order valence-electron chi connectivity index (χ3n) is 7.59. The van der Waals surface area contributed by atoms with Crippen LogP contribution in [0.1, 0.15) is 104 Å². The van der Waals surface area contributed by atoms with Gasteiger partial charge in [-0.3, -0.25) is 9.59 Å². The fourth-order valence-corrected chi connectivity index (χ4v) is 5.50. The molecule has 0 fully saturated rings. The molecule has 0 aromatic heterocycles. The monoisotopic (exact) mass is 513 g/mol. The van der Waals surface area contributed by atoms with Crippen LogP contribution in [0.4, 0.5) is 0 Å². The van der Waals surface area contributed by atoms with Crippen LogP contribution < -0.4 is 14.8 Å². The zero-order valence-corrected chi connectivity index (χ0v) is 23.2. The third-order valence-corrected chi connectivity index (χ3v) is 7.59. The van der Waals surface area contributed by atoms with Crippen LogP contribution in [0.5, 0.6) is 11.5 Å². The Morgan fingerprint density at radius 1 is 1.19 bits per heavy atom. The number of fused-ring (bicyclic) bond motifs is 3. The lowest BCUT2D eigenvalue weighted by molar-refractivity contribution is -0.141. The van der Waals surface area contributed by atoms with Crippen LogP contribution in [-0.2, 0) is 20.8 Å². The maximum absolute atomic E-state index is 13.4. The topological polar surface area (TPSA) is 102 Å². The first-order valence-corrected chi connectivity index (χ1v) is 13.7. The first-order valence-electron chi connectivity index (χ1n) is 13.7. The Hall–Kier alpha value is -2.83. The summed E-state index contributed by atoms with van der Waals surface area (Å²) in [5.41, 5.74) is 2.93. The molecule has 37 heavy (non-hydrogen) atoms. The highest BCUT2D eigenvalue weighted by atomic mass is 16.5. The number of carboxylic acid groups (broad SMARTS) is 1. The predicted molar refractivity (Wildman–Crippen MR) is 143 cm³/mol. The minimum atomic E-state index is -1.06. The number of carbonyl (C=O) groups excluding carboxylic acids is 2. The smallest absolute Gasteiger partial charge is 0.334 e. The maximum Gasteiger partial charge on any atom is 0.334 e. The molecule has 1 amide bonds. The quantitative estimate of drug-likeness (QED) is 0.164. The Labute approximate surface area is 221 Å². The van der Waals surface area contributed by atoms with E-state index in [1.807, 2.05) is 19.9 Å². The van der Waals surface area contributed by atoms with E-state index in [4.69, 9.17) is 14.6 Å². The van der Waals surface area contributed by atoms with Crippen LogP contribution in [0.15, 0.2) is 23.8 Å². The van der Waals surface area contributed by atoms with Crippen molar-refractivity contribution < 1.29 is 29.0 Å². The van der Waals surface area contributed by atoms with Crippen LogP contribution in [0.2, 0.25) is 0 Å². The molecule has 1 heterocycles. The van der Waals surface area contributed by atoms with Crippen molar-refractivity contribution >= 4 is 17.8 Å². The molecule has 2 N–H and O–H groups in total. The van der Waals surface area contributed by atoms with Gasteiger partial charge < -0.3 is 19.9 Å². The standard InChI is InChI=1S/C30H43NO6/c1-7-8-9-10-20-16-23(36-29(35)28(18(2)3)31-25(32)13-14-26(33)34)27-21-15-19(4)11-12-22(21)30(5,6)37-24(27)17-20/h15-18,21-22,28H,7-14H2,1-6H3,(H,31,32)(H,33,34). The Kier molecular flexibility index (Phi) is 9.43. The molecule has 1 aliphatic heterocycles. The Morgan fingerprint density at radius 3 is 2.57 bits per heavy atom. The number of carbonyl (C=O) groups is 3. The maximum atomic E-state index is 13.4. The number of benzene rings is 1. The van der Waals surface area contributed by atoms with Crippen LogP contribution in [-0.4, -0.2) is 34.6 Å². The van der Waals surface area contributed by atoms with E-state index >= 15 is 0 Å². The van der Waals surface area contributed by atoms with Gasteiger partial charge in [-0.25, -0.2) is 4.79 Å². The molecular weight excluding hydrogens is 470 g/mol. The molecule has 0 saturated carbocycles. The number of ether oxygens (including phenoxy) is 2. The predicted octanol–water partition coefficient (Wildman–Crippen LogP) is 5.94. The summed E-state index contributed by atoms with van der Waals surface area (Å²) in [4.78, 5) is 36.6. The summed E-state index contributed by atoms with van der Waals surface area (Å²) < 4.78 is 12.7. The first kappa shape index (κ1) is 28.7. The van der Waals surface area contributed by atoms with Gasteiger partial charge >= 0.3 is 11.9 Å². The molecule has 1 aromatic rings. The first-order chi connectivity index (χ1) is 17.4. The number of aryl methyl sites for hydroxylation is 1. The van der Waals surface area contributed by atoms with Crippen molar-refractivity contribution in [2.24, 2.45) is 11.8 Å². The van der Waals surface area contributed by atoms with E-state index in [0.29, 0.717) is 5.75 Å². The molecule has 204 valence electrons. The van der Waals surface area contributed by atoms with Crippen LogP contribution in [0.3, 0.4) is 0 Å². The van der Waals surface area contributed by atoms with Gasteiger partial charge in [-0.05, 0) is 70.1 Å². The van der Waals surface area contributed by atoms with Crippen LogP contribution in [0.25, 0.3) is 0 Å². The number of esters is 1. The largest absolute Gasteiger partial charge is 0.487 e. The Bertz CT molecular complexity index is 1040. The molecule has 3 rings (SSSR count). The molecule has 0 saturated heterocycles. The fourth-order valence-electron chi connectivity index (χ4n) is 5.50. The van der Waals surface area contributed by atoms with E-state index < -0.39 is 23.9 Å². The second-order valence-electron chi connectivity index (χ2n) is 11.5. The number of aliphatic carboxylic acids is 1. The second kappa shape index (κ2) is 12.1. The van der Waals surface area contributed by atoms with Crippen molar-refractivity contribution in [2.75, 3.05) is 0 Å². The molecule has 7 nitrogen and oxygen atoms in total. The van der Waals surface area contributed by atoms with Crippen LogP contribution >= 0.6 is 0 Å². The number of rotatable bonds is 11. The van der Waals surface area contributed by atoms with Gasteiger partial charge in [0, 0.05) is 23.8 Å². The number of hydrogen-bond acceptors (Lipinski definition) is 5. The van der Waals surface area contributed by atoms with Crippen LogP contribution in [0, 0.1) is 11.8 Å². The van der Waals surface area contributed by atoms with Crippen molar-refractivity contribution in [2.45, 2.75) is 110 Å². The van der Waals surface area contributed by atoms with Gasteiger partial charge in [-0.2, -0.15) is 0 Å². The van der Waals surface area contributed by atoms with E-state index in [1.165, 1.54) is 5.57 Å². The SMILES string of the molecule is CCCCCc1cc(OC(=O)C(NC(=O)CCC(=O)O)C(C)C)c2c(c1)OC(C)(C)C1CCC(C)=CC21. The zero-order chi connectivity index (χ0) is 27.3. The number of carboxylic acids is 1. The number of nitrogens with one attached hydrogen (secondary N) is 1. The molecular formula is C30H43NO6. The van der Waals surface area contributed by atoms with E-state index in [-0.39, 0.29) is 36.2 Å². The van der Waals surface area contributed by atoms with E-state index in [2.05, 4.69) is 45.2 Å². The van der Waals surface area contributed by atoms with Gasteiger partial charge in [0.25, 0.3) is 0 Å². The van der Waals surface area contributed by atoms with Gasteiger partial charge in [0.1, 0.15) is 23.1 Å². The summed E-state index contributed by atoms with van der Waals surface area (Å²) in [5.74, 6) is -0.736. The molecule has 0 spiro atoms. The van der Waals surface area contributed by atoms with Gasteiger partial charge in [0.15, 0.2) is 0 Å². The van der Waals surface area contributed by atoms with E-state index in [0.717, 1.165) is 55.4 Å². The second-order valence-corrected chi connectivity index (χ2v) is 11.5. The third kappa shape index (κ3) is 7.14. The van der Waals surface area contributed by atoms with E-state index in [1.54, 1.807) is 0 Å². The molecule has 1 aliphatic carbocycles. The fraction of sp³-hybridized carbons (Fsp3) is 0.633. The van der Waals surface area contributed by atoms with Gasteiger partial charge in [0.2, 0.25) is 5.91 Å². The highest BCUT2D eigenvalue weighted by molar-refractivity contribution is 5.87. The lowest BCUT2D eigenvalue weighted by Crippen LogP contribution is -2.47. The Morgan fingerprint density at radius 2 is 1.92 bits per heavy atom. The Balaban J connectivity index is 1.97. The summed E-state index contributed by atoms with van der Waals surface area (Å²) in [7, 11) is 0. The van der Waals surface area contributed by atoms with Gasteiger partial charge in [0.05, 0.1) is 6.42 Å². The summed E-state index contributed by atoms with van der Waals surface area (Å²) in [6, 6.07) is 3.18. The highest BCUT2D eigenvalue weighted by Gasteiger charge is 2.46. The molecule has 0 bridgehead atoms. The van der Waals surface area contributed by atoms with Gasteiger partial charge in [-0.15, -0.1) is 0 Å². The summed E-state index contributed by atoms with van der Waals surface area (Å²) in [6.45, 7) is 12.2. The minimum Gasteiger partial charge on any atom is -0.487 e. The van der Waals surface area contributed by atoms with Crippen molar-refractivity contribution in [3.8, 4) is 11.5 Å². The van der Waals surface area contributed by atoms with Gasteiger partial charge in [-0.1, -0.05) is 45.3 Å². The molecule has 7 heteroatoms. The summed E-state index contributed by atoms with van der Waals surface area (Å²) in [6.07, 6.45) is 7.95. The summed E-state index contributed by atoms with van der Waals surface area (Å²) in [5, 5.41) is 11.6. The average Bonchev–Trinajstić information content (AvgIpc) is 2.80. The lowest BCUT2D eigenvalue weighted by Gasteiger charge is -2.46. The normalized spacial score (nSPS) is 20.7. The van der Waals surface area contributed by atoms with Crippen molar-refractivity contribution in [3.05, 3.63) is 34.9 Å². The summed E-state index contributed by atoms with van der Waals surface area (Å²) >= 11 is 0. The minimum absolute atomic E-state index is 0.0719. The number of amides is 1. The molecule has 1 aromatic carbocycles. The number of unbranched alkanes of at least 4 members (excludes halogenated alkanes) is 2. The average molecular weight is 514 g/mol. The molecule has 2 aliphatic rings.